The fraction of sp³-hybridized carbons (Fsp3) is 0. The molecule has 0 saturated carbocycles. The summed E-state index contributed by atoms with van der Waals surface area (Å²) in [6.45, 7) is 0. The third-order valence-corrected chi connectivity index (χ3v) is 3.99. The summed E-state index contributed by atoms with van der Waals surface area (Å²) < 4.78 is 1.94. The minimum absolute atomic E-state index is 0.186. The fourth-order valence-corrected chi connectivity index (χ4v) is 2.59. The largest absolute Gasteiger partial charge is 0.478 e. The molecule has 25 heavy (non-hydrogen) atoms. The number of rotatable bonds is 4. The average Bonchev–Trinajstić information content (AvgIpc) is 3.08. The van der Waals surface area contributed by atoms with E-state index in [4.69, 9.17) is 16.7 Å². The van der Waals surface area contributed by atoms with E-state index in [-0.39, 0.29) is 5.56 Å². The van der Waals surface area contributed by atoms with Gasteiger partial charge >= 0.3 is 5.97 Å². The molecule has 1 aromatic heterocycles. The number of carboxylic acid groups (broad SMARTS) is 1. The molecular formula is C20H13ClN2O2. The van der Waals surface area contributed by atoms with E-state index in [2.05, 4.69) is 6.07 Å². The molecule has 5 heteroatoms. The Hall–Kier alpha value is -3.29. The van der Waals surface area contributed by atoms with Crippen molar-refractivity contribution in [3.05, 3.63) is 88.7 Å². The molecule has 1 N–H and O–H groups in total. The molecule has 0 fully saturated rings. The minimum Gasteiger partial charge on any atom is -0.478 e. The van der Waals surface area contributed by atoms with Crippen LogP contribution in [0.3, 0.4) is 0 Å². The van der Waals surface area contributed by atoms with Crippen LogP contribution in [0.25, 0.3) is 17.3 Å². The fourth-order valence-electron chi connectivity index (χ4n) is 2.47. The highest BCUT2D eigenvalue weighted by Gasteiger charge is 2.07. The zero-order chi connectivity index (χ0) is 17.8. The lowest BCUT2D eigenvalue weighted by Gasteiger charge is -2.07. The molecule has 0 aliphatic rings. The quantitative estimate of drug-likeness (QED) is 0.682. The van der Waals surface area contributed by atoms with Crippen LogP contribution in [0, 0.1) is 11.3 Å². The van der Waals surface area contributed by atoms with Crippen LogP contribution in [0.15, 0.2) is 66.9 Å². The summed E-state index contributed by atoms with van der Waals surface area (Å²) in [6.07, 6.45) is 3.67. The molecule has 3 rings (SSSR count). The molecule has 3 aromatic rings. The van der Waals surface area contributed by atoms with Gasteiger partial charge in [-0.2, -0.15) is 5.26 Å². The molecule has 1 heterocycles. The van der Waals surface area contributed by atoms with E-state index in [0.717, 1.165) is 11.4 Å². The average molecular weight is 349 g/mol. The van der Waals surface area contributed by atoms with Gasteiger partial charge in [-0.25, -0.2) is 4.79 Å². The molecular weight excluding hydrogens is 336 g/mol. The third kappa shape index (κ3) is 3.63. The minimum atomic E-state index is -0.995. The van der Waals surface area contributed by atoms with E-state index < -0.39 is 5.97 Å². The van der Waals surface area contributed by atoms with E-state index in [1.807, 2.05) is 35.0 Å². The van der Waals surface area contributed by atoms with E-state index in [1.165, 1.54) is 12.1 Å². The van der Waals surface area contributed by atoms with Crippen LogP contribution in [0.4, 0.5) is 0 Å². The van der Waals surface area contributed by atoms with E-state index >= 15 is 0 Å². The summed E-state index contributed by atoms with van der Waals surface area (Å²) in [4.78, 5) is 10.9. The number of aromatic nitrogens is 1. The molecule has 122 valence electrons. The Bertz CT molecular complexity index is 978. The Morgan fingerprint density at radius 3 is 2.28 bits per heavy atom. The van der Waals surface area contributed by atoms with Gasteiger partial charge in [0.25, 0.3) is 0 Å². The van der Waals surface area contributed by atoms with Gasteiger partial charge in [-0.1, -0.05) is 23.7 Å². The topological polar surface area (TPSA) is 66.0 Å². The van der Waals surface area contributed by atoms with Gasteiger partial charge in [-0.05, 0) is 60.2 Å². The number of aromatic carboxylic acids is 1. The van der Waals surface area contributed by atoms with Crippen molar-refractivity contribution in [1.82, 2.24) is 4.57 Å². The first-order chi connectivity index (χ1) is 12.1. The number of allylic oxidation sites excluding steroid dienone is 1. The van der Waals surface area contributed by atoms with Crippen molar-refractivity contribution in [3.8, 4) is 11.8 Å². The van der Waals surface area contributed by atoms with Crippen LogP contribution in [-0.4, -0.2) is 15.6 Å². The predicted octanol–water partition coefficient (Wildman–Crippen LogP) is 4.89. The van der Waals surface area contributed by atoms with Crippen LogP contribution in [0.1, 0.15) is 21.6 Å². The smallest absolute Gasteiger partial charge is 0.335 e. The Labute approximate surface area is 149 Å². The lowest BCUT2D eigenvalue weighted by molar-refractivity contribution is 0.0697. The number of nitriles is 1. The molecule has 2 aromatic carbocycles. The third-order valence-electron chi connectivity index (χ3n) is 3.74. The van der Waals surface area contributed by atoms with Crippen molar-refractivity contribution >= 4 is 29.2 Å². The van der Waals surface area contributed by atoms with Crippen LogP contribution >= 0.6 is 11.6 Å². The summed E-state index contributed by atoms with van der Waals surface area (Å²) in [5.41, 5.74) is 3.06. The standard InChI is InChI=1S/C20H13ClN2O2/c21-17-7-9-18(10-8-17)23-11-1-2-19(23)12-16(13-22)14-3-5-15(6-4-14)20(24)25/h1-12H,(H,24,25)/b16-12-. The first-order valence-electron chi connectivity index (χ1n) is 7.47. The van der Waals surface area contributed by atoms with Gasteiger partial charge in [0, 0.05) is 22.6 Å². The van der Waals surface area contributed by atoms with Gasteiger partial charge in [-0.3, -0.25) is 0 Å². The SMILES string of the molecule is N#C/C(=C/c1cccn1-c1ccc(Cl)cc1)c1ccc(C(=O)O)cc1. The lowest BCUT2D eigenvalue weighted by Crippen LogP contribution is -1.96. The Balaban J connectivity index is 1.99. The highest BCUT2D eigenvalue weighted by atomic mass is 35.5. The number of benzene rings is 2. The summed E-state index contributed by atoms with van der Waals surface area (Å²) in [5, 5.41) is 19.1. The first-order valence-corrected chi connectivity index (χ1v) is 7.85. The van der Waals surface area contributed by atoms with Gasteiger partial charge in [-0.15, -0.1) is 0 Å². The van der Waals surface area contributed by atoms with Crippen LogP contribution in [-0.2, 0) is 0 Å². The zero-order valence-corrected chi connectivity index (χ0v) is 13.8. The summed E-state index contributed by atoms with van der Waals surface area (Å²) in [5.74, 6) is -0.995. The van der Waals surface area contributed by atoms with Crippen LogP contribution in [0.5, 0.6) is 0 Å². The second kappa shape index (κ2) is 7.08. The van der Waals surface area contributed by atoms with Crippen molar-refractivity contribution in [2.75, 3.05) is 0 Å². The van der Waals surface area contributed by atoms with Crippen molar-refractivity contribution in [3.63, 3.8) is 0 Å². The Morgan fingerprint density at radius 1 is 1.04 bits per heavy atom. The Kier molecular flexibility index (Phi) is 4.69. The van der Waals surface area contributed by atoms with Gasteiger partial charge in [0.15, 0.2) is 0 Å². The van der Waals surface area contributed by atoms with Crippen molar-refractivity contribution in [1.29, 1.82) is 5.26 Å². The van der Waals surface area contributed by atoms with Crippen molar-refractivity contribution < 1.29 is 9.90 Å². The highest BCUT2D eigenvalue weighted by Crippen LogP contribution is 2.22. The van der Waals surface area contributed by atoms with Gasteiger partial charge in [0.2, 0.25) is 0 Å². The predicted molar refractivity (Wildman–Crippen MR) is 97.7 cm³/mol. The second-order valence-corrected chi connectivity index (χ2v) is 5.77. The van der Waals surface area contributed by atoms with Crippen molar-refractivity contribution in [2.24, 2.45) is 0 Å². The van der Waals surface area contributed by atoms with Crippen LogP contribution in [0.2, 0.25) is 5.02 Å². The number of hydrogen-bond donors (Lipinski definition) is 1. The highest BCUT2D eigenvalue weighted by molar-refractivity contribution is 6.30. The number of hydrogen-bond acceptors (Lipinski definition) is 2. The number of nitrogens with zero attached hydrogens (tertiary/aromatic N) is 2. The van der Waals surface area contributed by atoms with E-state index in [0.29, 0.717) is 16.2 Å². The molecule has 0 radical (unpaired) electrons. The monoisotopic (exact) mass is 348 g/mol. The second-order valence-electron chi connectivity index (χ2n) is 5.33. The molecule has 0 aliphatic carbocycles. The van der Waals surface area contributed by atoms with Gasteiger partial charge < -0.3 is 9.67 Å². The van der Waals surface area contributed by atoms with E-state index in [9.17, 15) is 10.1 Å². The number of halogens is 1. The molecule has 0 spiro atoms. The van der Waals surface area contributed by atoms with Crippen LogP contribution < -0.4 is 0 Å². The maximum Gasteiger partial charge on any atom is 0.335 e. The first kappa shape index (κ1) is 16.6. The normalized spacial score (nSPS) is 11.1. The Morgan fingerprint density at radius 2 is 1.68 bits per heavy atom. The molecule has 0 amide bonds. The van der Waals surface area contributed by atoms with E-state index in [1.54, 1.807) is 30.3 Å². The molecule has 4 nitrogen and oxygen atoms in total. The molecule has 0 unspecified atom stereocenters. The van der Waals surface area contributed by atoms with Gasteiger partial charge in [0.1, 0.15) is 0 Å². The van der Waals surface area contributed by atoms with Gasteiger partial charge in [0.05, 0.1) is 17.2 Å². The number of carboxylic acids is 1. The molecule has 0 aliphatic heterocycles. The summed E-state index contributed by atoms with van der Waals surface area (Å²) in [6, 6.07) is 19.6. The maximum atomic E-state index is 10.9. The zero-order valence-electron chi connectivity index (χ0n) is 13.1. The molecule has 0 atom stereocenters. The molecule has 0 saturated heterocycles. The maximum absolute atomic E-state index is 10.9. The molecule has 0 bridgehead atoms. The van der Waals surface area contributed by atoms with Crippen molar-refractivity contribution in [2.45, 2.75) is 0 Å². The summed E-state index contributed by atoms with van der Waals surface area (Å²) in [7, 11) is 0. The summed E-state index contributed by atoms with van der Waals surface area (Å²) >= 11 is 5.93. The lowest BCUT2D eigenvalue weighted by atomic mass is 10.0. The number of carbonyl (C=O) groups is 1.